The van der Waals surface area contributed by atoms with Crippen LogP contribution in [-0.4, -0.2) is 42.5 Å². The van der Waals surface area contributed by atoms with E-state index >= 15 is 0 Å². The van der Waals surface area contributed by atoms with E-state index in [9.17, 15) is 14.4 Å². The summed E-state index contributed by atoms with van der Waals surface area (Å²) in [6, 6.07) is 44.4. The average molecular weight is 776 g/mol. The highest BCUT2D eigenvalue weighted by Gasteiger charge is 2.36. The molecule has 1 heterocycles. The first kappa shape index (κ1) is 41.2. The highest BCUT2D eigenvalue weighted by molar-refractivity contribution is 5.92. The van der Waals surface area contributed by atoms with Crippen molar-refractivity contribution in [2.75, 3.05) is 13.7 Å². The van der Waals surface area contributed by atoms with E-state index in [0.717, 1.165) is 51.7 Å². The molecule has 0 radical (unpaired) electrons. The third kappa shape index (κ3) is 12.3. The van der Waals surface area contributed by atoms with Crippen LogP contribution in [0.15, 0.2) is 152 Å². The number of benzene rings is 5. The Morgan fingerprint density at radius 1 is 0.690 bits per heavy atom. The number of aryl methyl sites for hydroxylation is 1. The maximum Gasteiger partial charge on any atom is 0.310 e. The maximum atomic E-state index is 14.8. The van der Waals surface area contributed by atoms with Crippen LogP contribution in [0.25, 0.3) is 17.0 Å². The molecule has 0 saturated carbocycles. The van der Waals surface area contributed by atoms with E-state index in [1.807, 2.05) is 146 Å². The quantitative estimate of drug-likeness (QED) is 0.0500. The summed E-state index contributed by atoms with van der Waals surface area (Å²) in [4.78, 5) is 46.4. The smallest absolute Gasteiger partial charge is 0.310 e. The van der Waals surface area contributed by atoms with Crippen molar-refractivity contribution in [3.63, 3.8) is 0 Å². The fourth-order valence-corrected chi connectivity index (χ4v) is 7.28. The first-order valence-electron chi connectivity index (χ1n) is 20.2. The number of amides is 2. The molecule has 8 nitrogen and oxygen atoms in total. The van der Waals surface area contributed by atoms with Crippen LogP contribution in [-0.2, 0) is 45.0 Å². The Bertz CT molecular complexity index is 2200. The van der Waals surface area contributed by atoms with Crippen molar-refractivity contribution < 1.29 is 23.9 Å². The number of allylic oxidation sites excluding steroid dienone is 1. The molecule has 6 aromatic rings. The molecule has 0 aliphatic heterocycles. The number of carbonyl (C=O) groups excluding carboxylic acids is 3. The lowest BCUT2D eigenvalue weighted by Gasteiger charge is -2.27. The molecule has 5 aromatic carbocycles. The molecule has 0 spiro atoms. The zero-order valence-electron chi connectivity index (χ0n) is 33.1. The van der Waals surface area contributed by atoms with E-state index in [-0.39, 0.29) is 31.3 Å². The molecule has 3 atom stereocenters. The highest BCUT2D eigenvalue weighted by Crippen LogP contribution is 2.28. The number of nitrogens with one attached hydrogen (secondary N) is 3. The fourth-order valence-electron chi connectivity index (χ4n) is 7.28. The van der Waals surface area contributed by atoms with Crippen LogP contribution >= 0.6 is 0 Å². The summed E-state index contributed by atoms with van der Waals surface area (Å²) in [6.07, 6.45) is 9.81. The second-order valence-electron chi connectivity index (χ2n) is 14.6. The van der Waals surface area contributed by atoms with E-state index in [0.29, 0.717) is 25.8 Å². The van der Waals surface area contributed by atoms with Gasteiger partial charge in [0.15, 0.2) is 0 Å². The Balaban J connectivity index is 1.27. The van der Waals surface area contributed by atoms with Crippen LogP contribution in [0.4, 0.5) is 0 Å². The summed E-state index contributed by atoms with van der Waals surface area (Å²) >= 11 is 0. The number of carbonyl (C=O) groups is 3. The highest BCUT2D eigenvalue weighted by atomic mass is 16.5. The molecule has 0 aliphatic carbocycles. The molecule has 0 unspecified atom stereocenters. The molecule has 2 amide bonds. The third-order valence-electron chi connectivity index (χ3n) is 10.5. The van der Waals surface area contributed by atoms with Gasteiger partial charge in [-0.2, -0.15) is 0 Å². The molecule has 1 aromatic heterocycles. The molecule has 0 aliphatic rings. The average Bonchev–Trinajstić information content (AvgIpc) is 3.68. The molecule has 8 heteroatoms. The summed E-state index contributed by atoms with van der Waals surface area (Å²) in [5.74, 6) is -1.90. The molecule has 58 heavy (non-hydrogen) atoms. The number of aromatic nitrogens is 1. The number of para-hydroxylation sites is 1. The third-order valence-corrected chi connectivity index (χ3v) is 10.5. The largest absolute Gasteiger partial charge is 0.497 e. The van der Waals surface area contributed by atoms with E-state index < -0.39 is 23.8 Å². The van der Waals surface area contributed by atoms with E-state index in [1.165, 1.54) is 5.56 Å². The van der Waals surface area contributed by atoms with Gasteiger partial charge < -0.3 is 25.1 Å². The molecule has 3 N–H and O–H groups in total. The normalized spacial score (nSPS) is 12.8. The minimum atomic E-state index is -0.894. The summed E-state index contributed by atoms with van der Waals surface area (Å²) in [7, 11) is 1.63. The maximum absolute atomic E-state index is 14.8. The lowest BCUT2D eigenvalue weighted by atomic mass is 9.83. The number of ether oxygens (including phenoxy) is 2. The van der Waals surface area contributed by atoms with Gasteiger partial charge in [-0.3, -0.25) is 14.4 Å². The summed E-state index contributed by atoms with van der Waals surface area (Å²) in [5, 5.41) is 7.20. The zero-order chi connectivity index (χ0) is 40.4. The van der Waals surface area contributed by atoms with E-state index in [2.05, 4.69) is 27.8 Å². The van der Waals surface area contributed by atoms with Crippen LogP contribution in [0.3, 0.4) is 0 Å². The van der Waals surface area contributed by atoms with Crippen LogP contribution < -0.4 is 15.4 Å². The van der Waals surface area contributed by atoms with Gasteiger partial charge in [-0.1, -0.05) is 140 Å². The number of aromatic amines is 1. The van der Waals surface area contributed by atoms with Gasteiger partial charge in [-0.05, 0) is 78.1 Å². The number of hydrogen-bond acceptors (Lipinski definition) is 5. The van der Waals surface area contributed by atoms with Gasteiger partial charge >= 0.3 is 5.97 Å². The van der Waals surface area contributed by atoms with Gasteiger partial charge in [0.05, 0.1) is 18.9 Å². The van der Waals surface area contributed by atoms with Crippen molar-refractivity contribution >= 4 is 34.8 Å². The Morgan fingerprint density at radius 3 is 2.02 bits per heavy atom. The van der Waals surface area contributed by atoms with Crippen molar-refractivity contribution in [2.24, 2.45) is 11.8 Å². The number of H-pyrrole nitrogens is 1. The molecule has 0 fully saturated rings. The van der Waals surface area contributed by atoms with Crippen molar-refractivity contribution in [1.29, 1.82) is 0 Å². The number of methoxy groups -OCH3 is 1. The van der Waals surface area contributed by atoms with Gasteiger partial charge in [0.2, 0.25) is 11.8 Å². The Labute approximate surface area is 341 Å². The Hall–Kier alpha value is -6.41. The van der Waals surface area contributed by atoms with Crippen molar-refractivity contribution in [1.82, 2.24) is 15.6 Å². The molecular formula is C50H53N3O5. The number of esters is 1. The van der Waals surface area contributed by atoms with Crippen LogP contribution in [0, 0.1) is 11.8 Å². The second kappa shape index (κ2) is 21.8. The van der Waals surface area contributed by atoms with E-state index in [1.54, 1.807) is 7.11 Å². The lowest BCUT2D eigenvalue weighted by molar-refractivity contribution is -0.155. The summed E-state index contributed by atoms with van der Waals surface area (Å²) in [5.41, 5.74) is 5.99. The number of unbranched alkanes of at least 4 members (excludes halogenated alkanes) is 1. The monoisotopic (exact) mass is 775 g/mol. The lowest BCUT2D eigenvalue weighted by Crippen LogP contribution is -2.51. The number of hydrogen-bond donors (Lipinski definition) is 3. The SMILES string of the molecule is COc1ccc(/C=C/C[C@@H](C(=O)N[C@@H](Cc2c[nH]c3ccccc23)C(=O)NCCc2ccccc2)[C@H](CCCCc2ccccc2)C(=O)OCc2ccccc2)cc1. The van der Waals surface area contributed by atoms with Crippen LogP contribution in [0.1, 0.15) is 53.5 Å². The number of rotatable bonds is 21. The molecule has 0 saturated heterocycles. The summed E-state index contributed by atoms with van der Waals surface area (Å²) in [6.45, 7) is 0.510. The Morgan fingerprint density at radius 2 is 1.33 bits per heavy atom. The number of fused-ring (bicyclic) bond motifs is 1. The van der Waals surface area contributed by atoms with Crippen LogP contribution in [0.5, 0.6) is 5.75 Å². The van der Waals surface area contributed by atoms with Crippen molar-refractivity contribution in [2.45, 2.75) is 57.6 Å². The first-order valence-corrected chi connectivity index (χ1v) is 20.2. The minimum absolute atomic E-state index is 0.100. The van der Waals surface area contributed by atoms with Crippen molar-refractivity contribution in [3.05, 3.63) is 180 Å². The zero-order valence-corrected chi connectivity index (χ0v) is 33.1. The Kier molecular flexibility index (Phi) is 15.5. The van der Waals surface area contributed by atoms with Gasteiger partial charge in [-0.15, -0.1) is 0 Å². The molecule has 0 bridgehead atoms. The standard InChI is InChI=1S/C50H53N3O5/c1-57-42-30-28-39(29-31-42)23-15-26-44(45(25-12-11-20-37-16-5-2-6-17-37)50(56)58-36-40-21-9-4-10-22-40)48(54)53-47(34-41-35-52-46-27-14-13-24-43(41)46)49(55)51-33-32-38-18-7-3-8-19-38/h2-10,13-19,21-24,27-31,35,44-45,47,52H,11-12,20,25-26,32-34,36H2,1H3,(H,51,55)(H,53,54)/b23-15+/t44-,45+,47+/m1/s1. The fraction of sp³-hybridized carbons (Fsp3) is 0.260. The minimum Gasteiger partial charge on any atom is -0.497 e. The molecular weight excluding hydrogens is 723 g/mol. The van der Waals surface area contributed by atoms with E-state index in [4.69, 9.17) is 9.47 Å². The van der Waals surface area contributed by atoms with Gasteiger partial charge in [0.1, 0.15) is 18.4 Å². The molecule has 6 rings (SSSR count). The van der Waals surface area contributed by atoms with Crippen molar-refractivity contribution in [3.8, 4) is 5.75 Å². The predicted octanol–water partition coefficient (Wildman–Crippen LogP) is 9.06. The second-order valence-corrected chi connectivity index (χ2v) is 14.6. The van der Waals surface area contributed by atoms with Gasteiger partial charge in [0, 0.05) is 30.1 Å². The predicted molar refractivity (Wildman–Crippen MR) is 231 cm³/mol. The summed E-state index contributed by atoms with van der Waals surface area (Å²) < 4.78 is 11.3. The first-order chi connectivity index (χ1) is 28.5. The van der Waals surface area contributed by atoms with Crippen LogP contribution in [0.2, 0.25) is 0 Å². The molecule has 298 valence electrons. The topological polar surface area (TPSA) is 110 Å². The van der Waals surface area contributed by atoms with Gasteiger partial charge in [-0.25, -0.2) is 0 Å². The van der Waals surface area contributed by atoms with Gasteiger partial charge in [0.25, 0.3) is 0 Å².